The van der Waals surface area contributed by atoms with Crippen LogP contribution in [0.15, 0.2) is 24.4 Å². The van der Waals surface area contributed by atoms with Gasteiger partial charge in [0.1, 0.15) is 5.69 Å². The largest absolute Gasteiger partial charge is 0.343 e. The maximum absolute atomic E-state index is 13.0. The minimum absolute atomic E-state index is 0.0468. The Kier molecular flexibility index (Phi) is 5.11. The lowest BCUT2D eigenvalue weighted by Crippen LogP contribution is -2.59. The van der Waals surface area contributed by atoms with Crippen LogP contribution in [-0.4, -0.2) is 53.1 Å². The van der Waals surface area contributed by atoms with Gasteiger partial charge in [-0.1, -0.05) is 18.9 Å². The summed E-state index contributed by atoms with van der Waals surface area (Å²) in [4.78, 5) is 37.7. The fourth-order valence-corrected chi connectivity index (χ4v) is 5.03. The number of carbonyl (C=O) groups is 2. The first-order valence-corrected chi connectivity index (χ1v) is 11.4. The SMILES string of the molecule is CCN1C(=O)N(C)c2cnc(Nc3ccc4c(c3)N(C(C)=O)CC4)nc2N1C1CCCC1. The van der Waals surface area contributed by atoms with E-state index in [-0.39, 0.29) is 18.0 Å². The van der Waals surface area contributed by atoms with Gasteiger partial charge < -0.3 is 10.2 Å². The number of hydrazine groups is 1. The van der Waals surface area contributed by atoms with E-state index in [4.69, 9.17) is 4.98 Å². The van der Waals surface area contributed by atoms with Crippen molar-refractivity contribution in [3.8, 4) is 0 Å². The molecule has 0 unspecified atom stereocenters. The predicted octanol–water partition coefficient (Wildman–Crippen LogP) is 3.68. The number of hydrogen-bond donors (Lipinski definition) is 1. The van der Waals surface area contributed by atoms with Crippen molar-refractivity contribution in [1.29, 1.82) is 0 Å². The van der Waals surface area contributed by atoms with Crippen LogP contribution in [0.1, 0.15) is 45.1 Å². The second-order valence-corrected chi connectivity index (χ2v) is 8.63. The predicted molar refractivity (Wildman–Crippen MR) is 124 cm³/mol. The summed E-state index contributed by atoms with van der Waals surface area (Å²) in [5, 5.41) is 7.17. The Hall–Kier alpha value is -3.36. The molecular weight excluding hydrogens is 406 g/mol. The van der Waals surface area contributed by atoms with E-state index < -0.39 is 0 Å². The third-order valence-corrected chi connectivity index (χ3v) is 6.68. The molecule has 0 saturated heterocycles. The van der Waals surface area contributed by atoms with Gasteiger partial charge in [0, 0.05) is 38.4 Å². The lowest BCUT2D eigenvalue weighted by molar-refractivity contribution is -0.116. The van der Waals surface area contributed by atoms with Gasteiger partial charge in [-0.05, 0) is 43.9 Å². The van der Waals surface area contributed by atoms with Crippen LogP contribution in [0, 0.1) is 0 Å². The number of rotatable bonds is 4. The van der Waals surface area contributed by atoms with Crippen molar-refractivity contribution in [1.82, 2.24) is 15.0 Å². The Morgan fingerprint density at radius 3 is 2.72 bits per heavy atom. The van der Waals surface area contributed by atoms with Crippen LogP contribution in [0.4, 0.5) is 33.6 Å². The molecule has 168 valence electrons. The fourth-order valence-electron chi connectivity index (χ4n) is 5.03. The Morgan fingerprint density at radius 1 is 1.22 bits per heavy atom. The van der Waals surface area contributed by atoms with Gasteiger partial charge in [-0.2, -0.15) is 4.98 Å². The average Bonchev–Trinajstić information content (AvgIpc) is 3.45. The summed E-state index contributed by atoms with van der Waals surface area (Å²) in [5.74, 6) is 1.27. The van der Waals surface area contributed by atoms with Crippen LogP contribution in [-0.2, 0) is 11.2 Å². The Labute approximate surface area is 188 Å². The zero-order valence-electron chi connectivity index (χ0n) is 18.8. The number of fused-ring (bicyclic) bond motifs is 2. The molecule has 3 heterocycles. The summed E-state index contributed by atoms with van der Waals surface area (Å²) in [7, 11) is 1.77. The molecule has 1 aromatic carbocycles. The van der Waals surface area contributed by atoms with Crippen LogP contribution in [0.3, 0.4) is 0 Å². The van der Waals surface area contributed by atoms with Crippen molar-refractivity contribution >= 4 is 40.8 Å². The maximum atomic E-state index is 13.0. The third kappa shape index (κ3) is 3.32. The highest BCUT2D eigenvalue weighted by atomic mass is 16.2. The van der Waals surface area contributed by atoms with Gasteiger partial charge in [-0.3, -0.25) is 14.7 Å². The first-order chi connectivity index (χ1) is 15.5. The molecule has 1 aromatic heterocycles. The second kappa shape index (κ2) is 7.96. The number of urea groups is 1. The lowest BCUT2D eigenvalue weighted by Gasteiger charge is -2.45. The zero-order valence-corrected chi connectivity index (χ0v) is 18.8. The molecule has 9 nitrogen and oxygen atoms in total. The molecular formula is C23H29N7O2. The van der Waals surface area contributed by atoms with E-state index in [0.29, 0.717) is 24.7 Å². The number of benzene rings is 1. The highest BCUT2D eigenvalue weighted by molar-refractivity contribution is 5.99. The number of nitrogens with one attached hydrogen (secondary N) is 1. The number of amides is 3. The van der Waals surface area contributed by atoms with E-state index in [1.807, 2.05) is 19.1 Å². The van der Waals surface area contributed by atoms with Gasteiger partial charge in [0.05, 0.1) is 12.2 Å². The lowest BCUT2D eigenvalue weighted by atomic mass is 10.1. The fraction of sp³-hybridized carbons (Fsp3) is 0.478. The van der Waals surface area contributed by atoms with Gasteiger partial charge in [0.15, 0.2) is 5.82 Å². The molecule has 9 heteroatoms. The Balaban J connectivity index is 1.49. The van der Waals surface area contributed by atoms with Gasteiger partial charge in [-0.15, -0.1) is 0 Å². The van der Waals surface area contributed by atoms with Crippen molar-refractivity contribution in [2.24, 2.45) is 0 Å². The van der Waals surface area contributed by atoms with Gasteiger partial charge in [-0.25, -0.2) is 14.8 Å². The van der Waals surface area contributed by atoms with Gasteiger partial charge in [0.2, 0.25) is 11.9 Å². The molecule has 3 amide bonds. The molecule has 0 atom stereocenters. The molecule has 2 aliphatic heterocycles. The van der Waals surface area contributed by atoms with Crippen molar-refractivity contribution in [2.45, 2.75) is 52.0 Å². The van der Waals surface area contributed by atoms with Crippen molar-refractivity contribution in [2.75, 3.05) is 40.3 Å². The number of aromatic nitrogens is 2. The van der Waals surface area contributed by atoms with Gasteiger partial charge >= 0.3 is 6.03 Å². The Morgan fingerprint density at radius 2 is 2.00 bits per heavy atom. The first kappa shape index (κ1) is 20.5. The summed E-state index contributed by atoms with van der Waals surface area (Å²) in [6, 6.07) is 6.23. The van der Waals surface area contributed by atoms with E-state index in [0.717, 1.165) is 49.3 Å². The van der Waals surface area contributed by atoms with Crippen LogP contribution in [0.5, 0.6) is 0 Å². The minimum atomic E-state index is -0.0563. The van der Waals surface area contributed by atoms with Crippen LogP contribution in [0.25, 0.3) is 0 Å². The summed E-state index contributed by atoms with van der Waals surface area (Å²) < 4.78 is 0. The van der Waals surface area contributed by atoms with E-state index in [9.17, 15) is 9.59 Å². The molecule has 0 radical (unpaired) electrons. The number of nitrogens with zero attached hydrogens (tertiary/aromatic N) is 6. The topological polar surface area (TPSA) is 84.9 Å². The highest BCUT2D eigenvalue weighted by Crippen LogP contribution is 2.39. The maximum Gasteiger partial charge on any atom is 0.343 e. The number of anilines is 5. The molecule has 1 fully saturated rings. The van der Waals surface area contributed by atoms with Gasteiger partial charge in [0.25, 0.3) is 0 Å². The standard InChI is InChI=1S/C23H29N7O2/c1-4-29-23(32)27(3)20-14-24-22(26-21(20)30(29)18-7-5-6-8-18)25-17-10-9-16-11-12-28(15(2)31)19(16)13-17/h9-10,13-14,18H,4-8,11-12H2,1-3H3,(H,24,25,26). The third-order valence-electron chi connectivity index (χ3n) is 6.68. The normalized spacial score (nSPS) is 18.3. The molecule has 5 rings (SSSR count). The molecule has 32 heavy (non-hydrogen) atoms. The molecule has 2 aromatic rings. The summed E-state index contributed by atoms with van der Waals surface area (Å²) >= 11 is 0. The second-order valence-electron chi connectivity index (χ2n) is 8.63. The summed E-state index contributed by atoms with van der Waals surface area (Å²) in [6.45, 7) is 4.88. The molecule has 1 saturated carbocycles. The number of hydrogen-bond acceptors (Lipinski definition) is 6. The molecule has 1 aliphatic carbocycles. The summed E-state index contributed by atoms with van der Waals surface area (Å²) in [6.07, 6.45) is 7.00. The van der Waals surface area contributed by atoms with Crippen molar-refractivity contribution in [3.05, 3.63) is 30.0 Å². The number of carbonyl (C=O) groups excluding carboxylic acids is 2. The van der Waals surface area contributed by atoms with E-state index in [1.54, 1.807) is 35.0 Å². The first-order valence-electron chi connectivity index (χ1n) is 11.4. The van der Waals surface area contributed by atoms with Crippen molar-refractivity contribution in [3.63, 3.8) is 0 Å². The Bertz CT molecular complexity index is 1070. The van der Waals surface area contributed by atoms with E-state index >= 15 is 0 Å². The quantitative estimate of drug-likeness (QED) is 0.789. The molecule has 0 bridgehead atoms. The van der Waals surface area contributed by atoms with Crippen molar-refractivity contribution < 1.29 is 9.59 Å². The van der Waals surface area contributed by atoms with Crippen LogP contribution < -0.4 is 20.1 Å². The van der Waals surface area contributed by atoms with Crippen LogP contribution >= 0.6 is 0 Å². The van der Waals surface area contributed by atoms with E-state index in [2.05, 4.69) is 21.4 Å². The average molecular weight is 436 g/mol. The summed E-state index contributed by atoms with van der Waals surface area (Å²) in [5.41, 5.74) is 3.66. The van der Waals surface area contributed by atoms with E-state index in [1.165, 1.54) is 5.56 Å². The zero-order chi connectivity index (χ0) is 22.4. The smallest absolute Gasteiger partial charge is 0.324 e. The minimum Gasteiger partial charge on any atom is -0.324 e. The highest BCUT2D eigenvalue weighted by Gasteiger charge is 2.39. The van der Waals surface area contributed by atoms with Crippen LogP contribution in [0.2, 0.25) is 0 Å². The molecule has 0 spiro atoms. The molecule has 1 N–H and O–H groups in total. The molecule has 3 aliphatic rings. The monoisotopic (exact) mass is 435 g/mol.